The smallest absolute Gasteiger partial charge is 0.0908 e. The molecule has 0 aliphatic carbocycles. The average molecular weight is 267 g/mol. The van der Waals surface area contributed by atoms with E-state index >= 15 is 0 Å². The minimum atomic E-state index is 0.662. The maximum Gasteiger partial charge on any atom is 0.0908 e. The van der Waals surface area contributed by atoms with E-state index in [1.807, 2.05) is 60.7 Å². The van der Waals surface area contributed by atoms with Gasteiger partial charge in [-0.05, 0) is 24.3 Å². The predicted molar refractivity (Wildman–Crippen MR) is 77.9 cm³/mol. The summed E-state index contributed by atoms with van der Waals surface area (Å²) in [6.45, 7) is 0. The Hall–Kier alpha value is -2.19. The van der Waals surface area contributed by atoms with Gasteiger partial charge in [0.2, 0.25) is 0 Å². The number of benzene rings is 1. The van der Waals surface area contributed by atoms with Gasteiger partial charge in [0, 0.05) is 16.8 Å². The van der Waals surface area contributed by atoms with Crippen LogP contribution in [-0.2, 0) is 0 Å². The normalized spacial score (nSPS) is 10.4. The number of nitrogens with zero attached hydrogens (tertiary/aromatic N) is 2. The summed E-state index contributed by atoms with van der Waals surface area (Å²) in [5.41, 5.74) is 3.50. The van der Waals surface area contributed by atoms with Gasteiger partial charge in [-0.1, -0.05) is 48.0 Å². The number of rotatable bonds is 2. The second-order valence-corrected chi connectivity index (χ2v) is 4.57. The first kappa shape index (κ1) is 11.9. The van der Waals surface area contributed by atoms with E-state index in [-0.39, 0.29) is 0 Å². The monoisotopic (exact) mass is 266 g/mol. The largest absolute Gasteiger partial charge is 0.255 e. The van der Waals surface area contributed by atoms with Gasteiger partial charge < -0.3 is 0 Å². The van der Waals surface area contributed by atoms with E-state index in [1.165, 1.54) is 0 Å². The van der Waals surface area contributed by atoms with Gasteiger partial charge in [0.05, 0.1) is 17.1 Å². The average Bonchev–Trinajstić information content (AvgIpc) is 2.48. The first-order chi connectivity index (χ1) is 9.33. The van der Waals surface area contributed by atoms with Crippen LogP contribution in [0.4, 0.5) is 0 Å². The lowest BCUT2D eigenvalue weighted by Gasteiger charge is -2.05. The summed E-state index contributed by atoms with van der Waals surface area (Å²) in [6.07, 6.45) is 1.75. The molecule has 0 radical (unpaired) electrons. The summed E-state index contributed by atoms with van der Waals surface area (Å²) in [7, 11) is 0. The zero-order valence-corrected chi connectivity index (χ0v) is 10.9. The van der Waals surface area contributed by atoms with E-state index in [4.69, 9.17) is 11.6 Å². The zero-order chi connectivity index (χ0) is 13.1. The second kappa shape index (κ2) is 5.21. The highest BCUT2D eigenvalue weighted by Crippen LogP contribution is 2.25. The molecule has 0 aliphatic rings. The van der Waals surface area contributed by atoms with Crippen molar-refractivity contribution in [1.29, 1.82) is 0 Å². The summed E-state index contributed by atoms with van der Waals surface area (Å²) >= 11 is 6.18. The molecule has 0 spiro atoms. The van der Waals surface area contributed by atoms with Crippen LogP contribution in [0.15, 0.2) is 66.9 Å². The maximum atomic E-state index is 6.18. The molecule has 0 aliphatic heterocycles. The molecule has 3 rings (SSSR count). The highest BCUT2D eigenvalue weighted by molar-refractivity contribution is 6.31. The molecular formula is C16H11ClN2. The van der Waals surface area contributed by atoms with Gasteiger partial charge >= 0.3 is 0 Å². The number of pyridine rings is 2. The third kappa shape index (κ3) is 2.64. The molecule has 0 bridgehead atoms. The van der Waals surface area contributed by atoms with Crippen molar-refractivity contribution in [3.05, 3.63) is 71.9 Å². The van der Waals surface area contributed by atoms with E-state index in [2.05, 4.69) is 9.97 Å². The topological polar surface area (TPSA) is 25.8 Å². The van der Waals surface area contributed by atoms with Gasteiger partial charge in [-0.15, -0.1) is 0 Å². The third-order valence-electron chi connectivity index (χ3n) is 2.79. The molecule has 0 unspecified atom stereocenters. The molecule has 0 saturated carbocycles. The van der Waals surface area contributed by atoms with E-state index < -0.39 is 0 Å². The van der Waals surface area contributed by atoms with Crippen molar-refractivity contribution in [2.45, 2.75) is 0 Å². The Labute approximate surface area is 116 Å². The van der Waals surface area contributed by atoms with Gasteiger partial charge in [-0.3, -0.25) is 4.98 Å². The molecule has 0 saturated heterocycles. The molecule has 1 aromatic carbocycles. The summed E-state index contributed by atoms with van der Waals surface area (Å²) < 4.78 is 0. The fourth-order valence-corrected chi connectivity index (χ4v) is 2.11. The van der Waals surface area contributed by atoms with Crippen molar-refractivity contribution in [1.82, 2.24) is 9.97 Å². The van der Waals surface area contributed by atoms with Crippen molar-refractivity contribution in [2.75, 3.05) is 0 Å². The molecule has 3 heteroatoms. The standard InChI is InChI=1S/C16H11ClN2/c17-13-10-15(12-6-2-1-3-7-12)19-16(11-13)14-8-4-5-9-18-14/h1-11H. The number of halogens is 1. The van der Waals surface area contributed by atoms with Gasteiger partial charge in [-0.25, -0.2) is 4.98 Å². The van der Waals surface area contributed by atoms with E-state index in [0.717, 1.165) is 22.6 Å². The van der Waals surface area contributed by atoms with Crippen molar-refractivity contribution in [3.63, 3.8) is 0 Å². The van der Waals surface area contributed by atoms with Gasteiger partial charge in [0.1, 0.15) is 0 Å². The minimum Gasteiger partial charge on any atom is -0.255 e. The summed E-state index contributed by atoms with van der Waals surface area (Å²) in [5, 5.41) is 0.662. The number of hydrogen-bond donors (Lipinski definition) is 0. The van der Waals surface area contributed by atoms with Crippen LogP contribution >= 0.6 is 11.6 Å². The predicted octanol–water partition coefficient (Wildman–Crippen LogP) is 4.46. The van der Waals surface area contributed by atoms with Crippen LogP contribution in [0.3, 0.4) is 0 Å². The summed E-state index contributed by atoms with van der Waals surface area (Å²) in [6, 6.07) is 19.4. The molecule has 0 amide bonds. The van der Waals surface area contributed by atoms with Crippen LogP contribution in [0.2, 0.25) is 5.02 Å². The van der Waals surface area contributed by atoms with Crippen molar-refractivity contribution < 1.29 is 0 Å². The maximum absolute atomic E-state index is 6.18. The minimum absolute atomic E-state index is 0.662. The third-order valence-corrected chi connectivity index (χ3v) is 3.01. The number of hydrogen-bond acceptors (Lipinski definition) is 2. The summed E-state index contributed by atoms with van der Waals surface area (Å²) in [5.74, 6) is 0. The zero-order valence-electron chi connectivity index (χ0n) is 10.1. The first-order valence-electron chi connectivity index (χ1n) is 5.97. The lowest BCUT2D eigenvalue weighted by Crippen LogP contribution is -1.90. The van der Waals surface area contributed by atoms with Crippen LogP contribution in [-0.4, -0.2) is 9.97 Å². The fourth-order valence-electron chi connectivity index (χ4n) is 1.90. The second-order valence-electron chi connectivity index (χ2n) is 4.14. The van der Waals surface area contributed by atoms with Crippen LogP contribution in [0.5, 0.6) is 0 Å². The molecule has 2 heterocycles. The van der Waals surface area contributed by atoms with Crippen molar-refractivity contribution in [3.8, 4) is 22.6 Å². The van der Waals surface area contributed by atoms with Crippen molar-refractivity contribution in [2.24, 2.45) is 0 Å². The molecule has 2 nitrogen and oxygen atoms in total. The van der Waals surface area contributed by atoms with Crippen LogP contribution in [0.25, 0.3) is 22.6 Å². The number of aromatic nitrogens is 2. The highest BCUT2D eigenvalue weighted by Gasteiger charge is 2.06. The Balaban J connectivity index is 2.12. The van der Waals surface area contributed by atoms with Crippen LogP contribution in [0, 0.1) is 0 Å². The van der Waals surface area contributed by atoms with E-state index in [9.17, 15) is 0 Å². The molecule has 92 valence electrons. The first-order valence-corrected chi connectivity index (χ1v) is 6.35. The molecule has 0 atom stereocenters. The lowest BCUT2D eigenvalue weighted by atomic mass is 10.1. The Morgan fingerprint density at radius 1 is 0.737 bits per heavy atom. The molecule has 3 aromatic rings. The Kier molecular flexibility index (Phi) is 3.25. The van der Waals surface area contributed by atoms with Gasteiger partial charge in [-0.2, -0.15) is 0 Å². The molecule has 2 aromatic heterocycles. The molecular weight excluding hydrogens is 256 g/mol. The molecule has 19 heavy (non-hydrogen) atoms. The van der Waals surface area contributed by atoms with Crippen molar-refractivity contribution >= 4 is 11.6 Å². The molecule has 0 fully saturated rings. The van der Waals surface area contributed by atoms with Crippen LogP contribution in [0.1, 0.15) is 0 Å². The lowest BCUT2D eigenvalue weighted by molar-refractivity contribution is 1.25. The Bertz CT molecular complexity index is 624. The fraction of sp³-hybridized carbons (Fsp3) is 0. The molecule has 0 N–H and O–H groups in total. The van der Waals surface area contributed by atoms with Gasteiger partial charge in [0.15, 0.2) is 0 Å². The van der Waals surface area contributed by atoms with E-state index in [0.29, 0.717) is 5.02 Å². The van der Waals surface area contributed by atoms with E-state index in [1.54, 1.807) is 6.20 Å². The quantitative estimate of drug-likeness (QED) is 0.684. The van der Waals surface area contributed by atoms with Gasteiger partial charge in [0.25, 0.3) is 0 Å². The summed E-state index contributed by atoms with van der Waals surface area (Å²) in [4.78, 5) is 8.93. The SMILES string of the molecule is Clc1cc(-c2ccccc2)nc(-c2ccccn2)c1. The Morgan fingerprint density at radius 2 is 1.47 bits per heavy atom. The Morgan fingerprint density at radius 3 is 2.21 bits per heavy atom. The van der Waals surface area contributed by atoms with Crippen LogP contribution < -0.4 is 0 Å². The highest BCUT2D eigenvalue weighted by atomic mass is 35.5.